The van der Waals surface area contributed by atoms with E-state index in [1.165, 1.54) is 4.88 Å². The van der Waals surface area contributed by atoms with Crippen LogP contribution >= 0.6 is 43.2 Å². The molecule has 16 heavy (non-hydrogen) atoms. The van der Waals surface area contributed by atoms with Gasteiger partial charge in [-0.3, -0.25) is 0 Å². The van der Waals surface area contributed by atoms with Crippen LogP contribution in [0, 0.1) is 0 Å². The van der Waals surface area contributed by atoms with Gasteiger partial charge in [0.05, 0.1) is 6.26 Å². The van der Waals surface area contributed by atoms with Crippen molar-refractivity contribution >= 4 is 43.2 Å². The first-order valence-corrected chi connectivity index (χ1v) is 7.30. The number of hydrogen-bond donors (Lipinski definition) is 1. The first kappa shape index (κ1) is 12.4. The molecule has 0 amide bonds. The monoisotopic (exact) mass is 363 g/mol. The van der Waals surface area contributed by atoms with Crippen molar-refractivity contribution in [2.24, 2.45) is 0 Å². The molecule has 2 rings (SSSR count). The minimum Gasteiger partial charge on any atom is -0.457 e. The third kappa shape index (κ3) is 2.77. The zero-order valence-corrected chi connectivity index (χ0v) is 12.7. The lowest BCUT2D eigenvalue weighted by atomic mass is 10.1. The molecule has 0 aromatic carbocycles. The molecule has 0 fully saturated rings. The standard InChI is InChI=1S/C11H11Br2NOS/c1-14-10(9-2-3-15-11(9)13)5-8-4-7(12)6-16-8/h2-4,6,10,14H,5H2,1H3. The summed E-state index contributed by atoms with van der Waals surface area (Å²) >= 11 is 8.65. The average molecular weight is 365 g/mol. The fourth-order valence-corrected chi connectivity index (χ4v) is 3.60. The summed E-state index contributed by atoms with van der Waals surface area (Å²) in [7, 11) is 1.97. The van der Waals surface area contributed by atoms with Gasteiger partial charge in [0.1, 0.15) is 0 Å². The Bertz CT molecular complexity index is 466. The Morgan fingerprint density at radius 2 is 2.31 bits per heavy atom. The summed E-state index contributed by atoms with van der Waals surface area (Å²) in [6.45, 7) is 0. The van der Waals surface area contributed by atoms with Gasteiger partial charge < -0.3 is 9.73 Å². The number of halogens is 2. The maximum atomic E-state index is 5.26. The van der Waals surface area contributed by atoms with Crippen LogP contribution in [-0.4, -0.2) is 7.05 Å². The number of nitrogens with one attached hydrogen (secondary N) is 1. The zero-order chi connectivity index (χ0) is 11.5. The van der Waals surface area contributed by atoms with Crippen LogP contribution < -0.4 is 5.32 Å². The van der Waals surface area contributed by atoms with E-state index in [4.69, 9.17) is 4.42 Å². The van der Waals surface area contributed by atoms with E-state index in [1.807, 2.05) is 13.1 Å². The number of likely N-dealkylation sites (N-methyl/N-ethyl adjacent to an activating group) is 1. The lowest BCUT2D eigenvalue weighted by molar-refractivity contribution is 0.519. The number of thiophene rings is 1. The molecule has 1 N–H and O–H groups in total. The molecule has 5 heteroatoms. The van der Waals surface area contributed by atoms with Crippen molar-refractivity contribution in [2.45, 2.75) is 12.5 Å². The van der Waals surface area contributed by atoms with Gasteiger partial charge >= 0.3 is 0 Å². The highest BCUT2D eigenvalue weighted by Gasteiger charge is 2.16. The molecular weight excluding hydrogens is 354 g/mol. The molecule has 2 nitrogen and oxygen atoms in total. The van der Waals surface area contributed by atoms with Crippen molar-refractivity contribution in [3.05, 3.63) is 43.4 Å². The van der Waals surface area contributed by atoms with Gasteiger partial charge in [-0.15, -0.1) is 11.3 Å². The van der Waals surface area contributed by atoms with Gasteiger partial charge in [-0.05, 0) is 51.0 Å². The fourth-order valence-electron chi connectivity index (χ4n) is 1.58. The Morgan fingerprint density at radius 1 is 1.50 bits per heavy atom. The predicted molar refractivity (Wildman–Crippen MR) is 73.9 cm³/mol. The smallest absolute Gasteiger partial charge is 0.173 e. The molecule has 0 radical (unpaired) electrons. The predicted octanol–water partition coefficient (Wildman–Crippen LogP) is 4.37. The lowest BCUT2D eigenvalue weighted by Gasteiger charge is -2.13. The lowest BCUT2D eigenvalue weighted by Crippen LogP contribution is -2.18. The zero-order valence-electron chi connectivity index (χ0n) is 8.67. The first-order valence-electron chi connectivity index (χ1n) is 4.83. The number of rotatable bonds is 4. The number of furan rings is 1. The maximum Gasteiger partial charge on any atom is 0.173 e. The fraction of sp³-hybridized carbons (Fsp3) is 0.273. The van der Waals surface area contributed by atoms with Crippen LogP contribution in [0.2, 0.25) is 0 Å². The summed E-state index contributed by atoms with van der Waals surface area (Å²) in [4.78, 5) is 1.35. The van der Waals surface area contributed by atoms with Crippen molar-refractivity contribution in [1.82, 2.24) is 5.32 Å². The van der Waals surface area contributed by atoms with Crippen molar-refractivity contribution in [3.8, 4) is 0 Å². The Hall–Kier alpha value is -0.100. The van der Waals surface area contributed by atoms with Gasteiger partial charge in [0.2, 0.25) is 0 Å². The summed E-state index contributed by atoms with van der Waals surface area (Å²) < 4.78 is 7.22. The minimum atomic E-state index is 0.277. The molecule has 1 atom stereocenters. The van der Waals surface area contributed by atoms with Crippen LogP contribution in [0.15, 0.2) is 37.3 Å². The summed E-state index contributed by atoms with van der Waals surface area (Å²) in [5.74, 6) is 0. The molecule has 0 saturated carbocycles. The Balaban J connectivity index is 2.15. The molecular formula is C11H11Br2NOS. The molecule has 2 heterocycles. The number of hydrogen-bond acceptors (Lipinski definition) is 3. The minimum absolute atomic E-state index is 0.277. The Kier molecular flexibility index (Phi) is 4.24. The van der Waals surface area contributed by atoms with Crippen molar-refractivity contribution in [2.75, 3.05) is 7.05 Å². The van der Waals surface area contributed by atoms with Crippen LogP contribution in [0.1, 0.15) is 16.5 Å². The van der Waals surface area contributed by atoms with E-state index in [0.29, 0.717) is 0 Å². The molecule has 1 unspecified atom stereocenters. The third-order valence-electron chi connectivity index (χ3n) is 2.40. The molecule has 0 aliphatic carbocycles. The molecule has 0 saturated heterocycles. The van der Waals surface area contributed by atoms with Gasteiger partial charge in [0.25, 0.3) is 0 Å². The summed E-state index contributed by atoms with van der Waals surface area (Å²) in [5.41, 5.74) is 1.16. The summed E-state index contributed by atoms with van der Waals surface area (Å²) in [5, 5.41) is 5.41. The van der Waals surface area contributed by atoms with Gasteiger partial charge in [-0.25, -0.2) is 0 Å². The molecule has 2 aromatic rings. The van der Waals surface area contributed by atoms with Crippen molar-refractivity contribution in [1.29, 1.82) is 0 Å². The van der Waals surface area contributed by atoms with Crippen LogP contribution in [-0.2, 0) is 6.42 Å². The molecule has 86 valence electrons. The van der Waals surface area contributed by atoms with E-state index in [1.54, 1.807) is 17.6 Å². The molecule has 0 bridgehead atoms. The van der Waals surface area contributed by atoms with E-state index >= 15 is 0 Å². The summed E-state index contributed by atoms with van der Waals surface area (Å²) in [6.07, 6.45) is 2.67. The Morgan fingerprint density at radius 3 is 2.81 bits per heavy atom. The highest BCUT2D eigenvalue weighted by molar-refractivity contribution is 9.10. The van der Waals surface area contributed by atoms with Crippen LogP contribution in [0.25, 0.3) is 0 Å². The maximum absolute atomic E-state index is 5.26. The van der Waals surface area contributed by atoms with E-state index in [2.05, 4.69) is 48.6 Å². The average Bonchev–Trinajstić information content (AvgIpc) is 2.84. The second-order valence-corrected chi connectivity index (χ2v) is 6.06. The highest BCUT2D eigenvalue weighted by Crippen LogP contribution is 2.29. The van der Waals surface area contributed by atoms with Crippen LogP contribution in [0.4, 0.5) is 0 Å². The van der Waals surface area contributed by atoms with Crippen molar-refractivity contribution < 1.29 is 4.42 Å². The van der Waals surface area contributed by atoms with E-state index < -0.39 is 0 Å². The SMILES string of the molecule is CNC(Cc1cc(Br)cs1)c1ccoc1Br. The highest BCUT2D eigenvalue weighted by atomic mass is 79.9. The molecule has 0 aliphatic rings. The van der Waals surface area contributed by atoms with E-state index in [9.17, 15) is 0 Å². The largest absolute Gasteiger partial charge is 0.457 e. The molecule has 0 spiro atoms. The second kappa shape index (κ2) is 5.49. The van der Waals surface area contributed by atoms with E-state index in [-0.39, 0.29) is 6.04 Å². The van der Waals surface area contributed by atoms with Crippen LogP contribution in [0.3, 0.4) is 0 Å². The third-order valence-corrected chi connectivity index (χ3v) is 4.76. The first-order chi connectivity index (χ1) is 7.70. The quantitative estimate of drug-likeness (QED) is 0.871. The van der Waals surface area contributed by atoms with Gasteiger partial charge in [0.15, 0.2) is 4.67 Å². The Labute approximate surface area is 115 Å². The normalized spacial score (nSPS) is 12.9. The van der Waals surface area contributed by atoms with Crippen molar-refractivity contribution in [3.63, 3.8) is 0 Å². The van der Waals surface area contributed by atoms with E-state index in [0.717, 1.165) is 21.1 Å². The second-order valence-electron chi connectivity index (χ2n) is 3.43. The van der Waals surface area contributed by atoms with Gasteiger partial charge in [-0.2, -0.15) is 0 Å². The van der Waals surface area contributed by atoms with Gasteiger partial charge in [0, 0.05) is 32.8 Å². The molecule has 2 aromatic heterocycles. The van der Waals surface area contributed by atoms with Gasteiger partial charge in [-0.1, -0.05) is 0 Å². The topological polar surface area (TPSA) is 25.2 Å². The molecule has 0 aliphatic heterocycles. The summed E-state index contributed by atoms with van der Waals surface area (Å²) in [6, 6.07) is 4.43. The van der Waals surface area contributed by atoms with Crippen LogP contribution in [0.5, 0.6) is 0 Å².